The Hall–Kier alpha value is -0.750. The molecule has 6 nitrogen and oxygen atoms in total. The third-order valence-electron chi connectivity index (χ3n) is 2.92. The minimum Gasteiger partial charge on any atom is -0.381 e. The zero-order valence-electron chi connectivity index (χ0n) is 10.7. The average molecular weight is 276 g/mol. The van der Waals surface area contributed by atoms with Gasteiger partial charge in [-0.15, -0.1) is 0 Å². The van der Waals surface area contributed by atoms with Gasteiger partial charge in [-0.2, -0.15) is 9.30 Å². The highest BCUT2D eigenvalue weighted by Gasteiger charge is 2.30. The zero-order valence-corrected chi connectivity index (χ0v) is 11.5. The van der Waals surface area contributed by atoms with Crippen LogP contribution in [0.3, 0.4) is 0 Å². The fourth-order valence-electron chi connectivity index (χ4n) is 2.00. The van der Waals surface area contributed by atoms with Crippen LogP contribution in [0.25, 0.3) is 0 Å². The van der Waals surface area contributed by atoms with Crippen molar-refractivity contribution < 1.29 is 17.9 Å². The Labute approximate surface area is 108 Å². The van der Waals surface area contributed by atoms with Crippen LogP contribution in [0.4, 0.5) is 0 Å². The van der Waals surface area contributed by atoms with E-state index in [0.29, 0.717) is 19.6 Å². The summed E-state index contributed by atoms with van der Waals surface area (Å²) in [5.41, 5.74) is 0. The van der Waals surface area contributed by atoms with Crippen molar-refractivity contribution in [3.05, 3.63) is 0 Å². The van der Waals surface area contributed by atoms with E-state index in [1.165, 1.54) is 10.4 Å². The van der Waals surface area contributed by atoms with E-state index >= 15 is 0 Å². The lowest BCUT2D eigenvalue weighted by Crippen LogP contribution is -2.41. The summed E-state index contributed by atoms with van der Waals surface area (Å²) in [5.74, 6) is -0.0638. The molecule has 0 N–H and O–H groups in total. The molecule has 0 amide bonds. The first-order valence-corrected chi connectivity index (χ1v) is 7.87. The van der Waals surface area contributed by atoms with Gasteiger partial charge < -0.3 is 4.74 Å². The van der Waals surface area contributed by atoms with Gasteiger partial charge >= 0.3 is 0 Å². The van der Waals surface area contributed by atoms with E-state index < -0.39 is 16.2 Å². The fourth-order valence-corrected chi connectivity index (χ4v) is 3.50. The Balaban J connectivity index is 2.76. The maximum absolute atomic E-state index is 12.2. The summed E-state index contributed by atoms with van der Waals surface area (Å²) in [5, 5.41) is 0. The third-order valence-corrected chi connectivity index (χ3v) is 4.75. The van der Waals surface area contributed by atoms with Crippen LogP contribution in [0.15, 0.2) is 4.99 Å². The standard InChI is InChI=1S/C11H20N2O4S/c1-2-17-8-9-18(15,16)13-7-5-3-4-6-11(13)12-10-14/h11H,2-9H2,1H3. The summed E-state index contributed by atoms with van der Waals surface area (Å²) in [4.78, 5) is 14.0. The quantitative estimate of drug-likeness (QED) is 0.410. The minimum absolute atomic E-state index is 0.0638. The Bertz CT molecular complexity index is 390. The molecule has 7 heteroatoms. The number of rotatable bonds is 6. The maximum Gasteiger partial charge on any atom is 0.236 e. The number of aliphatic imine (C=N–C) groups is 1. The number of isocyanates is 1. The summed E-state index contributed by atoms with van der Waals surface area (Å²) < 4.78 is 30.7. The van der Waals surface area contributed by atoms with Crippen LogP contribution >= 0.6 is 0 Å². The molecule has 0 aliphatic carbocycles. The SMILES string of the molecule is CCOCCS(=O)(=O)N1CCCCCC1N=C=O. The van der Waals surface area contributed by atoms with Crippen LogP contribution in [0.2, 0.25) is 0 Å². The molecule has 1 aliphatic heterocycles. The molecular weight excluding hydrogens is 256 g/mol. The molecule has 0 radical (unpaired) electrons. The topological polar surface area (TPSA) is 76.0 Å². The number of hydrogen-bond donors (Lipinski definition) is 0. The lowest BCUT2D eigenvalue weighted by atomic mass is 10.2. The van der Waals surface area contributed by atoms with Crippen molar-refractivity contribution in [2.75, 3.05) is 25.5 Å². The molecule has 0 aromatic rings. The van der Waals surface area contributed by atoms with E-state index in [-0.39, 0.29) is 12.4 Å². The summed E-state index contributed by atoms with van der Waals surface area (Å²) in [7, 11) is -3.41. The lowest BCUT2D eigenvalue weighted by Gasteiger charge is -2.24. The van der Waals surface area contributed by atoms with Crippen LogP contribution in [0, 0.1) is 0 Å². The molecular formula is C11H20N2O4S. The number of ether oxygens (including phenoxy) is 1. The predicted octanol–water partition coefficient (Wildman–Crippen LogP) is 0.891. The highest BCUT2D eigenvalue weighted by Crippen LogP contribution is 2.20. The van der Waals surface area contributed by atoms with E-state index in [2.05, 4.69) is 4.99 Å². The fraction of sp³-hybridized carbons (Fsp3) is 0.909. The van der Waals surface area contributed by atoms with Gasteiger partial charge in [0.15, 0.2) is 0 Å². The van der Waals surface area contributed by atoms with E-state index in [9.17, 15) is 13.2 Å². The van der Waals surface area contributed by atoms with Gasteiger partial charge in [-0.25, -0.2) is 13.2 Å². The van der Waals surface area contributed by atoms with E-state index in [0.717, 1.165) is 19.3 Å². The lowest BCUT2D eigenvalue weighted by molar-refractivity contribution is 0.162. The molecule has 1 atom stereocenters. The molecule has 1 unspecified atom stereocenters. The first-order valence-electron chi connectivity index (χ1n) is 6.26. The average Bonchev–Trinajstić information content (AvgIpc) is 2.56. The summed E-state index contributed by atoms with van der Waals surface area (Å²) >= 11 is 0. The largest absolute Gasteiger partial charge is 0.381 e. The van der Waals surface area contributed by atoms with E-state index in [4.69, 9.17) is 4.74 Å². The van der Waals surface area contributed by atoms with Crippen LogP contribution in [0.1, 0.15) is 32.6 Å². The highest BCUT2D eigenvalue weighted by molar-refractivity contribution is 7.89. The summed E-state index contributed by atoms with van der Waals surface area (Å²) in [6.07, 6.45) is 4.12. The second-order valence-corrected chi connectivity index (χ2v) is 6.22. The van der Waals surface area contributed by atoms with Crippen molar-refractivity contribution in [2.24, 2.45) is 4.99 Å². The first kappa shape index (κ1) is 15.3. The van der Waals surface area contributed by atoms with Crippen LogP contribution in [-0.4, -0.2) is 50.5 Å². The molecule has 1 aliphatic rings. The molecule has 0 spiro atoms. The molecule has 1 rings (SSSR count). The Kier molecular flexibility index (Phi) is 6.49. The van der Waals surface area contributed by atoms with Gasteiger partial charge in [0, 0.05) is 13.2 Å². The number of hydrogen-bond acceptors (Lipinski definition) is 5. The van der Waals surface area contributed by atoms with Crippen molar-refractivity contribution in [2.45, 2.75) is 38.8 Å². The highest BCUT2D eigenvalue weighted by atomic mass is 32.2. The summed E-state index contributed by atoms with van der Waals surface area (Å²) in [6.45, 7) is 2.90. The number of sulfonamides is 1. The van der Waals surface area contributed by atoms with Crippen LogP contribution in [-0.2, 0) is 19.6 Å². The first-order chi connectivity index (χ1) is 8.61. The van der Waals surface area contributed by atoms with Crippen molar-refractivity contribution in [3.63, 3.8) is 0 Å². The molecule has 1 saturated heterocycles. The second kappa shape index (κ2) is 7.63. The molecule has 1 fully saturated rings. The van der Waals surface area contributed by atoms with Crippen molar-refractivity contribution in [3.8, 4) is 0 Å². The van der Waals surface area contributed by atoms with Crippen LogP contribution in [0.5, 0.6) is 0 Å². The normalized spacial score (nSPS) is 22.2. The Morgan fingerprint density at radius 3 is 2.83 bits per heavy atom. The molecule has 0 bridgehead atoms. The van der Waals surface area contributed by atoms with Crippen molar-refractivity contribution in [1.29, 1.82) is 0 Å². The van der Waals surface area contributed by atoms with Crippen molar-refractivity contribution in [1.82, 2.24) is 4.31 Å². The van der Waals surface area contributed by atoms with Gasteiger partial charge in [0.05, 0.1) is 12.4 Å². The minimum atomic E-state index is -3.41. The zero-order chi connectivity index (χ0) is 13.4. The Morgan fingerprint density at radius 2 is 2.17 bits per heavy atom. The predicted molar refractivity (Wildman–Crippen MR) is 67.4 cm³/mol. The molecule has 0 aromatic heterocycles. The van der Waals surface area contributed by atoms with Gasteiger partial charge in [0.25, 0.3) is 0 Å². The molecule has 0 aromatic carbocycles. The molecule has 1 heterocycles. The molecule has 0 saturated carbocycles. The Morgan fingerprint density at radius 1 is 1.39 bits per heavy atom. The summed E-state index contributed by atoms with van der Waals surface area (Å²) in [6, 6.07) is 0. The number of carbonyl (C=O) groups excluding carboxylic acids is 1. The van der Waals surface area contributed by atoms with Gasteiger partial charge in [0.1, 0.15) is 6.17 Å². The smallest absolute Gasteiger partial charge is 0.236 e. The van der Waals surface area contributed by atoms with Gasteiger partial charge in [-0.05, 0) is 26.2 Å². The van der Waals surface area contributed by atoms with Gasteiger partial charge in [-0.3, -0.25) is 0 Å². The molecule has 18 heavy (non-hydrogen) atoms. The van der Waals surface area contributed by atoms with E-state index in [1.54, 1.807) is 0 Å². The monoisotopic (exact) mass is 276 g/mol. The van der Waals surface area contributed by atoms with Crippen LogP contribution < -0.4 is 0 Å². The van der Waals surface area contributed by atoms with Gasteiger partial charge in [-0.1, -0.05) is 6.42 Å². The van der Waals surface area contributed by atoms with E-state index in [1.807, 2.05) is 6.92 Å². The second-order valence-electron chi connectivity index (χ2n) is 4.17. The van der Waals surface area contributed by atoms with Crippen molar-refractivity contribution >= 4 is 16.1 Å². The number of nitrogens with zero attached hydrogens (tertiary/aromatic N) is 2. The maximum atomic E-state index is 12.2. The molecule has 104 valence electrons. The third kappa shape index (κ3) is 4.49. The van der Waals surface area contributed by atoms with Gasteiger partial charge in [0.2, 0.25) is 16.1 Å².